The molecule has 1 N–H and O–H groups in total. The van der Waals surface area contributed by atoms with Crippen molar-refractivity contribution in [1.29, 1.82) is 0 Å². The third-order valence-corrected chi connectivity index (χ3v) is 6.87. The van der Waals surface area contributed by atoms with E-state index in [9.17, 15) is 9.59 Å². The van der Waals surface area contributed by atoms with E-state index in [1.807, 2.05) is 11.6 Å². The van der Waals surface area contributed by atoms with E-state index >= 15 is 0 Å². The molecule has 1 saturated heterocycles. The van der Waals surface area contributed by atoms with Crippen molar-refractivity contribution in [2.75, 3.05) is 18.0 Å². The SMILES string of the molecule is Cn1cnc2c1CC[C@H]2NC(=O)c1cn(Cc2cnc(N3CC4CC4C3)nc2C=O)cn1. The molecule has 10 nitrogen and oxygen atoms in total. The molecular weight excluding hydrogens is 408 g/mol. The number of hydrogen-bond acceptors (Lipinski definition) is 7. The Morgan fingerprint density at radius 2 is 2.06 bits per heavy atom. The molecule has 6 rings (SSSR count). The smallest absolute Gasteiger partial charge is 0.272 e. The summed E-state index contributed by atoms with van der Waals surface area (Å²) in [5, 5.41) is 3.03. The van der Waals surface area contributed by atoms with Crippen LogP contribution >= 0.6 is 0 Å². The van der Waals surface area contributed by atoms with E-state index in [1.165, 1.54) is 6.42 Å². The Morgan fingerprint density at radius 3 is 2.88 bits per heavy atom. The van der Waals surface area contributed by atoms with E-state index in [4.69, 9.17) is 0 Å². The molecule has 164 valence electrons. The van der Waals surface area contributed by atoms with E-state index in [1.54, 1.807) is 29.6 Å². The molecule has 2 aliphatic carbocycles. The largest absolute Gasteiger partial charge is 0.342 e. The van der Waals surface area contributed by atoms with Gasteiger partial charge in [-0.1, -0.05) is 0 Å². The molecule has 3 aromatic rings. The number of hydrogen-bond donors (Lipinski definition) is 1. The summed E-state index contributed by atoms with van der Waals surface area (Å²) in [6.07, 6.45) is 10.6. The quantitative estimate of drug-likeness (QED) is 0.582. The van der Waals surface area contributed by atoms with Crippen LogP contribution < -0.4 is 10.2 Å². The van der Waals surface area contributed by atoms with Crippen LogP contribution in [0.1, 0.15) is 56.8 Å². The van der Waals surface area contributed by atoms with Crippen molar-refractivity contribution in [3.63, 3.8) is 0 Å². The third-order valence-electron chi connectivity index (χ3n) is 6.87. The van der Waals surface area contributed by atoms with E-state index in [0.717, 1.165) is 55.4 Å². The molecule has 1 aliphatic heterocycles. The van der Waals surface area contributed by atoms with Gasteiger partial charge in [-0.15, -0.1) is 0 Å². The second kappa shape index (κ2) is 7.25. The molecule has 10 heteroatoms. The second-order valence-electron chi connectivity index (χ2n) is 9.04. The Balaban J connectivity index is 1.14. The van der Waals surface area contributed by atoms with Gasteiger partial charge in [-0.3, -0.25) is 9.59 Å². The van der Waals surface area contributed by atoms with Gasteiger partial charge in [-0.05, 0) is 31.1 Å². The van der Waals surface area contributed by atoms with Crippen molar-refractivity contribution in [2.45, 2.75) is 31.8 Å². The maximum atomic E-state index is 12.7. The van der Waals surface area contributed by atoms with E-state index < -0.39 is 0 Å². The van der Waals surface area contributed by atoms with Crippen molar-refractivity contribution >= 4 is 18.1 Å². The molecule has 1 saturated carbocycles. The highest BCUT2D eigenvalue weighted by molar-refractivity contribution is 5.92. The van der Waals surface area contributed by atoms with Gasteiger partial charge in [0.25, 0.3) is 5.91 Å². The summed E-state index contributed by atoms with van der Waals surface area (Å²) in [7, 11) is 1.97. The molecule has 3 aliphatic rings. The first-order valence-corrected chi connectivity index (χ1v) is 11.0. The van der Waals surface area contributed by atoms with Gasteiger partial charge in [0, 0.05) is 43.8 Å². The van der Waals surface area contributed by atoms with Crippen LogP contribution in [0.25, 0.3) is 0 Å². The van der Waals surface area contributed by atoms with E-state index in [0.29, 0.717) is 29.4 Å². The highest BCUT2D eigenvalue weighted by atomic mass is 16.2. The van der Waals surface area contributed by atoms with E-state index in [2.05, 4.69) is 30.2 Å². The molecule has 32 heavy (non-hydrogen) atoms. The Morgan fingerprint density at radius 1 is 1.22 bits per heavy atom. The number of amides is 1. The minimum atomic E-state index is -0.234. The number of piperidine rings is 1. The third kappa shape index (κ3) is 3.26. The first kappa shape index (κ1) is 19.1. The van der Waals surface area contributed by atoms with E-state index in [-0.39, 0.29) is 11.9 Å². The molecule has 0 bridgehead atoms. The van der Waals surface area contributed by atoms with Gasteiger partial charge < -0.3 is 19.4 Å². The summed E-state index contributed by atoms with van der Waals surface area (Å²) < 4.78 is 3.77. The van der Waals surface area contributed by atoms with Crippen LogP contribution in [-0.2, 0) is 20.0 Å². The molecule has 4 heterocycles. The number of aldehydes is 1. The summed E-state index contributed by atoms with van der Waals surface area (Å²) in [6.45, 7) is 2.32. The second-order valence-corrected chi connectivity index (χ2v) is 9.04. The van der Waals surface area contributed by atoms with Crippen LogP contribution in [0.4, 0.5) is 5.95 Å². The number of aryl methyl sites for hydroxylation is 1. The molecule has 3 aromatic heterocycles. The van der Waals surface area contributed by atoms with Crippen LogP contribution in [0.3, 0.4) is 0 Å². The molecule has 3 atom stereocenters. The zero-order valence-corrected chi connectivity index (χ0v) is 17.8. The normalized spacial score (nSPS) is 23.2. The van der Waals surface area contributed by atoms with Gasteiger partial charge in [-0.2, -0.15) is 0 Å². The predicted molar refractivity (Wildman–Crippen MR) is 114 cm³/mol. The van der Waals surface area contributed by atoms with Crippen molar-refractivity contribution in [3.05, 3.63) is 53.4 Å². The van der Waals surface area contributed by atoms with Crippen molar-refractivity contribution in [3.8, 4) is 0 Å². The lowest BCUT2D eigenvalue weighted by atomic mass is 10.2. The topological polar surface area (TPSA) is 111 Å². The number of aromatic nitrogens is 6. The summed E-state index contributed by atoms with van der Waals surface area (Å²) >= 11 is 0. The number of nitrogens with zero attached hydrogens (tertiary/aromatic N) is 7. The highest BCUT2D eigenvalue weighted by Gasteiger charge is 2.45. The average molecular weight is 432 g/mol. The summed E-state index contributed by atoms with van der Waals surface area (Å²) in [5.74, 6) is 1.92. The molecule has 1 amide bonds. The maximum Gasteiger partial charge on any atom is 0.272 e. The number of nitrogens with one attached hydrogen (secondary N) is 1. The Hall–Kier alpha value is -3.56. The summed E-state index contributed by atoms with van der Waals surface area (Å²) in [5.41, 5.74) is 3.51. The number of carbonyl (C=O) groups is 2. The van der Waals surface area contributed by atoms with Crippen molar-refractivity contribution < 1.29 is 9.59 Å². The van der Waals surface area contributed by atoms with Crippen LogP contribution in [0.5, 0.6) is 0 Å². The van der Waals surface area contributed by atoms with Gasteiger partial charge in [-0.25, -0.2) is 19.9 Å². The molecule has 2 unspecified atom stereocenters. The zero-order valence-electron chi connectivity index (χ0n) is 17.8. The fourth-order valence-corrected chi connectivity index (χ4v) is 4.97. The molecular formula is C22H24N8O2. The highest BCUT2D eigenvalue weighted by Crippen LogP contribution is 2.45. The van der Waals surface area contributed by atoms with Crippen molar-refractivity contribution in [1.82, 2.24) is 34.4 Å². The van der Waals surface area contributed by atoms with Crippen LogP contribution in [0.2, 0.25) is 0 Å². The molecule has 0 radical (unpaired) electrons. The lowest BCUT2D eigenvalue weighted by Gasteiger charge is -2.18. The summed E-state index contributed by atoms with van der Waals surface area (Å²) in [6, 6.07) is -0.0944. The number of carbonyl (C=O) groups excluding carboxylic acids is 2. The van der Waals surface area contributed by atoms with Gasteiger partial charge in [0.1, 0.15) is 11.4 Å². The molecule has 2 fully saturated rings. The number of fused-ring (bicyclic) bond motifs is 2. The van der Waals surface area contributed by atoms with Crippen molar-refractivity contribution in [2.24, 2.45) is 18.9 Å². The number of imidazole rings is 2. The fourth-order valence-electron chi connectivity index (χ4n) is 4.97. The maximum absolute atomic E-state index is 12.7. The van der Waals surface area contributed by atoms with Crippen LogP contribution in [0, 0.1) is 11.8 Å². The minimum absolute atomic E-state index is 0.0944. The van der Waals surface area contributed by atoms with Gasteiger partial charge in [0.15, 0.2) is 6.29 Å². The number of anilines is 1. The Kier molecular flexibility index (Phi) is 4.34. The number of rotatable bonds is 6. The Bertz CT molecular complexity index is 1200. The fraction of sp³-hybridized carbons (Fsp3) is 0.455. The first-order valence-electron chi connectivity index (χ1n) is 11.0. The van der Waals surface area contributed by atoms with Gasteiger partial charge in [0.05, 0.1) is 30.9 Å². The average Bonchev–Trinajstić information content (AvgIpc) is 3.27. The van der Waals surface area contributed by atoms with Gasteiger partial charge >= 0.3 is 0 Å². The predicted octanol–water partition coefficient (Wildman–Crippen LogP) is 1.14. The lowest BCUT2D eigenvalue weighted by Crippen LogP contribution is -2.27. The molecule has 0 spiro atoms. The summed E-state index contributed by atoms with van der Waals surface area (Å²) in [4.78, 5) is 44.2. The standard InChI is InChI=1S/C22H24N8O2/c1-28-11-25-20-16(2-3-19(20)28)26-21(32)17-9-29(12-24-17)6-15-5-23-22(27-18(15)10-31)30-7-13-4-14(13)8-30/h5,9-14,16H,2-4,6-8H2,1H3,(H,26,32)/t13?,14?,16-/m1/s1. The Labute approximate surface area is 184 Å². The first-order chi connectivity index (χ1) is 15.6. The van der Waals surface area contributed by atoms with Crippen LogP contribution in [0.15, 0.2) is 25.0 Å². The minimum Gasteiger partial charge on any atom is -0.342 e. The molecule has 0 aromatic carbocycles. The monoisotopic (exact) mass is 432 g/mol. The zero-order chi connectivity index (χ0) is 21.8. The van der Waals surface area contributed by atoms with Gasteiger partial charge in [0.2, 0.25) is 5.95 Å². The van der Waals surface area contributed by atoms with Crippen LogP contribution in [-0.4, -0.2) is 54.4 Å². The lowest BCUT2D eigenvalue weighted by molar-refractivity contribution is 0.0931.